The van der Waals surface area contributed by atoms with Crippen molar-refractivity contribution in [3.63, 3.8) is 0 Å². The Hall–Kier alpha value is -1.79. The van der Waals surface area contributed by atoms with Gasteiger partial charge < -0.3 is 15.4 Å². The zero-order valence-corrected chi connectivity index (χ0v) is 13.0. The number of urea groups is 2. The molecule has 7 nitrogen and oxygen atoms in total. The van der Waals surface area contributed by atoms with Crippen molar-refractivity contribution in [3.8, 4) is 0 Å². The van der Waals surface area contributed by atoms with Crippen molar-refractivity contribution in [2.75, 3.05) is 13.2 Å². The van der Waals surface area contributed by atoms with Crippen molar-refractivity contribution in [3.05, 3.63) is 0 Å². The van der Waals surface area contributed by atoms with Gasteiger partial charge >= 0.3 is 18.1 Å². The molecule has 116 valence electrons. The fraction of sp³-hybridized carbons (Fsp3) is 0.769. The second kappa shape index (κ2) is 8.39. The first kappa shape index (κ1) is 18.2. The van der Waals surface area contributed by atoms with E-state index < -0.39 is 23.6 Å². The van der Waals surface area contributed by atoms with Gasteiger partial charge in [0.1, 0.15) is 0 Å². The van der Waals surface area contributed by atoms with Gasteiger partial charge in [0.15, 0.2) is 0 Å². The van der Waals surface area contributed by atoms with Crippen molar-refractivity contribution < 1.29 is 14.3 Å². The average Bonchev–Trinajstić information content (AvgIpc) is 2.27. The number of amides is 4. The van der Waals surface area contributed by atoms with Crippen LogP contribution in [0.4, 0.5) is 9.59 Å². The number of hydrogen-bond acceptors (Lipinski definition) is 4. The highest BCUT2D eigenvalue weighted by Gasteiger charge is 2.29. The Morgan fingerprint density at radius 3 is 2.25 bits per heavy atom. The van der Waals surface area contributed by atoms with Crippen LogP contribution in [0.3, 0.4) is 0 Å². The third-order valence-electron chi connectivity index (χ3n) is 2.18. The smallest absolute Gasteiger partial charge is 0.334 e. The van der Waals surface area contributed by atoms with Gasteiger partial charge in [-0.1, -0.05) is 13.3 Å². The predicted octanol–water partition coefficient (Wildman–Crippen LogP) is 2.28. The Balaban J connectivity index is 4.84. The van der Waals surface area contributed by atoms with E-state index in [4.69, 9.17) is 10.1 Å². The second-order valence-corrected chi connectivity index (χ2v) is 5.34. The maximum Gasteiger partial charge on any atom is 0.334 e. The second-order valence-electron chi connectivity index (χ2n) is 5.34. The molecule has 0 aliphatic rings. The van der Waals surface area contributed by atoms with Crippen LogP contribution in [0.2, 0.25) is 0 Å². The molecule has 0 bridgehead atoms. The number of ether oxygens (including phenoxy) is 1. The molecule has 0 spiro atoms. The van der Waals surface area contributed by atoms with E-state index in [1.165, 1.54) is 0 Å². The van der Waals surface area contributed by atoms with E-state index in [-0.39, 0.29) is 6.61 Å². The summed E-state index contributed by atoms with van der Waals surface area (Å²) in [4.78, 5) is 24.7. The zero-order chi connectivity index (χ0) is 15.8. The molecular weight excluding hydrogens is 260 g/mol. The minimum Gasteiger partial charge on any atom is -0.465 e. The third kappa shape index (κ3) is 6.96. The molecule has 3 N–H and O–H groups in total. The van der Waals surface area contributed by atoms with Gasteiger partial charge in [-0.2, -0.15) is 4.90 Å². The first-order valence-corrected chi connectivity index (χ1v) is 6.84. The Kier molecular flexibility index (Phi) is 7.64. The topological polar surface area (TPSA) is 94.5 Å². The molecule has 7 heteroatoms. The van der Waals surface area contributed by atoms with Crippen LogP contribution in [0.15, 0.2) is 0 Å². The molecule has 20 heavy (non-hydrogen) atoms. The van der Waals surface area contributed by atoms with E-state index in [2.05, 4.69) is 10.6 Å². The number of carbonyl (C=O) groups is 2. The highest BCUT2D eigenvalue weighted by molar-refractivity contribution is 6.08. The average molecular weight is 286 g/mol. The minimum absolute atomic E-state index is 0.209. The van der Waals surface area contributed by atoms with Crippen LogP contribution < -0.4 is 10.6 Å². The van der Waals surface area contributed by atoms with Crippen molar-refractivity contribution in [2.45, 2.75) is 53.0 Å². The number of imide groups is 1. The quantitative estimate of drug-likeness (QED) is 0.420. The van der Waals surface area contributed by atoms with Gasteiger partial charge in [0.05, 0.1) is 6.61 Å². The van der Waals surface area contributed by atoms with E-state index >= 15 is 0 Å². The maximum absolute atomic E-state index is 12.1. The summed E-state index contributed by atoms with van der Waals surface area (Å²) in [5.74, 6) is 0. The van der Waals surface area contributed by atoms with Gasteiger partial charge in [0.2, 0.25) is 0 Å². The lowest BCUT2D eigenvalue weighted by Crippen LogP contribution is -2.55. The molecular formula is C13H26N4O3. The number of carbonyl (C=O) groups excluding carboxylic acids is 2. The molecule has 4 amide bonds. The molecule has 0 atom stereocenters. The van der Waals surface area contributed by atoms with Gasteiger partial charge in [0, 0.05) is 12.1 Å². The molecule has 0 aromatic carbocycles. The minimum atomic E-state index is -0.676. The molecule has 0 aliphatic carbocycles. The lowest BCUT2D eigenvalue weighted by molar-refractivity contribution is 0.184. The molecule has 0 radical (unpaired) electrons. The summed E-state index contributed by atoms with van der Waals surface area (Å²) < 4.78 is 4.95. The van der Waals surface area contributed by atoms with Crippen LogP contribution >= 0.6 is 0 Å². The summed E-state index contributed by atoms with van der Waals surface area (Å²) in [5.41, 5.74) is -0.508. The lowest BCUT2D eigenvalue weighted by Gasteiger charge is -2.26. The van der Waals surface area contributed by atoms with Gasteiger partial charge in [-0.3, -0.25) is 5.41 Å². The molecule has 0 saturated carbocycles. The molecule has 0 rings (SSSR count). The van der Waals surface area contributed by atoms with Crippen LogP contribution in [-0.4, -0.2) is 41.7 Å². The maximum atomic E-state index is 12.1. The van der Waals surface area contributed by atoms with Gasteiger partial charge in [-0.15, -0.1) is 0 Å². The van der Waals surface area contributed by atoms with Crippen LogP contribution in [0, 0.1) is 5.41 Å². The molecule has 0 fully saturated rings. The summed E-state index contributed by atoms with van der Waals surface area (Å²) in [7, 11) is 0. The van der Waals surface area contributed by atoms with E-state index in [1.54, 1.807) is 27.7 Å². The molecule has 0 unspecified atom stereocenters. The van der Waals surface area contributed by atoms with Crippen LogP contribution in [0.5, 0.6) is 0 Å². The number of rotatable bonds is 4. The monoisotopic (exact) mass is 286 g/mol. The zero-order valence-electron chi connectivity index (χ0n) is 13.0. The Morgan fingerprint density at radius 1 is 1.20 bits per heavy atom. The van der Waals surface area contributed by atoms with Crippen molar-refractivity contribution in [2.24, 2.45) is 0 Å². The number of nitrogens with one attached hydrogen (secondary N) is 3. The summed E-state index contributed by atoms with van der Waals surface area (Å²) in [6.07, 6.45) is 1.74. The Labute approximate surface area is 120 Å². The number of nitrogens with zero attached hydrogens (tertiary/aromatic N) is 1. The standard InChI is InChI=1S/C13H26N4O3/c1-6-8-9-15-11(18)17(10(14)20-7-2)12(19)16-13(3,4)5/h14H,6-9H2,1-5H3,(H,15,18)(H,16,19). The SMILES string of the molecule is CCCCNC(=O)N(C(=N)OCC)C(=O)NC(C)(C)C. The fourth-order valence-electron chi connectivity index (χ4n) is 1.31. The van der Waals surface area contributed by atoms with Crippen LogP contribution in [0.1, 0.15) is 47.5 Å². The van der Waals surface area contributed by atoms with Gasteiger partial charge in [0.25, 0.3) is 0 Å². The fourth-order valence-corrected chi connectivity index (χ4v) is 1.31. The first-order chi connectivity index (χ1) is 9.22. The van der Waals surface area contributed by atoms with Crippen LogP contribution in [-0.2, 0) is 4.74 Å². The normalized spacial score (nSPS) is 10.7. The largest absolute Gasteiger partial charge is 0.465 e. The summed E-state index contributed by atoms with van der Waals surface area (Å²) in [6.45, 7) is 9.73. The molecule has 0 heterocycles. The molecule has 0 aliphatic heterocycles. The van der Waals surface area contributed by atoms with Gasteiger partial charge in [-0.25, -0.2) is 9.59 Å². The van der Waals surface area contributed by atoms with Crippen molar-refractivity contribution in [1.29, 1.82) is 5.41 Å². The first-order valence-electron chi connectivity index (χ1n) is 6.84. The van der Waals surface area contributed by atoms with Gasteiger partial charge in [-0.05, 0) is 34.1 Å². The van der Waals surface area contributed by atoms with E-state index in [9.17, 15) is 9.59 Å². The van der Waals surface area contributed by atoms with Crippen molar-refractivity contribution >= 4 is 18.1 Å². The van der Waals surface area contributed by atoms with Crippen LogP contribution in [0.25, 0.3) is 0 Å². The Bertz CT molecular complexity index is 350. The highest BCUT2D eigenvalue weighted by atomic mass is 16.5. The molecule has 0 aromatic heterocycles. The van der Waals surface area contributed by atoms with Crippen molar-refractivity contribution in [1.82, 2.24) is 15.5 Å². The summed E-state index contributed by atoms with van der Waals surface area (Å²) in [5, 5.41) is 12.9. The Morgan fingerprint density at radius 2 is 1.80 bits per heavy atom. The predicted molar refractivity (Wildman–Crippen MR) is 77.8 cm³/mol. The number of hydrogen-bond donors (Lipinski definition) is 3. The number of unbranched alkanes of at least 4 members (excludes halogenated alkanes) is 1. The highest BCUT2D eigenvalue weighted by Crippen LogP contribution is 2.03. The summed E-state index contributed by atoms with van der Waals surface area (Å²) >= 11 is 0. The van der Waals surface area contributed by atoms with E-state index in [1.807, 2.05) is 6.92 Å². The van der Waals surface area contributed by atoms with E-state index in [0.717, 1.165) is 12.8 Å². The molecule has 0 saturated heterocycles. The summed E-state index contributed by atoms with van der Waals surface area (Å²) in [6, 6.07) is -1.81. The number of amidine groups is 1. The lowest BCUT2D eigenvalue weighted by atomic mass is 10.1. The molecule has 0 aromatic rings. The van der Waals surface area contributed by atoms with E-state index in [0.29, 0.717) is 11.4 Å². The third-order valence-corrected chi connectivity index (χ3v) is 2.18.